The Morgan fingerprint density at radius 2 is 2.37 bits per heavy atom. The molecule has 0 spiro atoms. The molecule has 0 unspecified atom stereocenters. The highest BCUT2D eigenvalue weighted by atomic mass is 35.5. The van der Waals surface area contributed by atoms with Gasteiger partial charge in [0, 0.05) is 19.4 Å². The number of anilines is 1. The van der Waals surface area contributed by atoms with Crippen molar-refractivity contribution in [2.45, 2.75) is 6.54 Å². The third-order valence-electron chi connectivity index (χ3n) is 2.59. The Balaban J connectivity index is 2.04. The standard InChI is InChI=1S/C11H13ClN6O/c1-18-8(2-3-16-18)6-15-11(19)7-4-9(12)10(17-13)14-5-7/h2-5H,6,13H2,1H3,(H,14,17)(H,15,19). The lowest BCUT2D eigenvalue weighted by molar-refractivity contribution is 0.0949. The van der Waals surface area contributed by atoms with Gasteiger partial charge in [-0.1, -0.05) is 11.6 Å². The number of halogens is 1. The van der Waals surface area contributed by atoms with Crippen LogP contribution in [-0.2, 0) is 13.6 Å². The molecule has 2 aromatic heterocycles. The van der Waals surface area contributed by atoms with Gasteiger partial charge in [-0.3, -0.25) is 9.48 Å². The smallest absolute Gasteiger partial charge is 0.253 e. The van der Waals surface area contributed by atoms with E-state index in [2.05, 4.69) is 20.8 Å². The van der Waals surface area contributed by atoms with E-state index in [1.807, 2.05) is 13.1 Å². The van der Waals surface area contributed by atoms with Gasteiger partial charge in [0.15, 0.2) is 5.82 Å². The first-order valence-corrected chi connectivity index (χ1v) is 5.87. The summed E-state index contributed by atoms with van der Waals surface area (Å²) in [6.07, 6.45) is 3.07. The average Bonchev–Trinajstić information content (AvgIpc) is 2.81. The number of hydrogen-bond donors (Lipinski definition) is 3. The van der Waals surface area contributed by atoms with Crippen LogP contribution in [0.4, 0.5) is 5.82 Å². The number of carbonyl (C=O) groups is 1. The van der Waals surface area contributed by atoms with Crippen LogP contribution in [0.2, 0.25) is 5.02 Å². The second-order valence-electron chi connectivity index (χ2n) is 3.83. The van der Waals surface area contributed by atoms with Crippen molar-refractivity contribution in [1.29, 1.82) is 0 Å². The molecule has 100 valence electrons. The molecule has 8 heteroatoms. The lowest BCUT2D eigenvalue weighted by Crippen LogP contribution is -2.24. The fraction of sp³-hybridized carbons (Fsp3) is 0.182. The van der Waals surface area contributed by atoms with Gasteiger partial charge in [0.25, 0.3) is 5.91 Å². The number of aryl methyl sites for hydroxylation is 1. The summed E-state index contributed by atoms with van der Waals surface area (Å²) in [4.78, 5) is 15.8. The van der Waals surface area contributed by atoms with Crippen LogP contribution in [0.15, 0.2) is 24.5 Å². The fourth-order valence-electron chi connectivity index (χ4n) is 1.52. The van der Waals surface area contributed by atoms with Gasteiger partial charge in [-0.15, -0.1) is 0 Å². The van der Waals surface area contributed by atoms with Gasteiger partial charge in [0.2, 0.25) is 0 Å². The number of carbonyl (C=O) groups excluding carboxylic acids is 1. The summed E-state index contributed by atoms with van der Waals surface area (Å²) in [6.45, 7) is 0.379. The Kier molecular flexibility index (Phi) is 3.98. The molecular formula is C11H13ClN6O. The van der Waals surface area contributed by atoms with Crippen LogP contribution in [0, 0.1) is 0 Å². The molecular weight excluding hydrogens is 268 g/mol. The van der Waals surface area contributed by atoms with Crippen LogP contribution in [0.3, 0.4) is 0 Å². The van der Waals surface area contributed by atoms with E-state index in [0.717, 1.165) is 5.69 Å². The number of hydrazine groups is 1. The zero-order valence-corrected chi connectivity index (χ0v) is 11.0. The Hall–Kier alpha value is -2.12. The number of nitrogens with zero attached hydrogens (tertiary/aromatic N) is 3. The van der Waals surface area contributed by atoms with Crippen molar-refractivity contribution >= 4 is 23.3 Å². The predicted molar refractivity (Wildman–Crippen MR) is 71.4 cm³/mol. The van der Waals surface area contributed by atoms with E-state index in [1.165, 1.54) is 12.3 Å². The quantitative estimate of drug-likeness (QED) is 0.565. The Bertz CT molecular complexity index is 597. The zero-order valence-electron chi connectivity index (χ0n) is 10.2. The average molecular weight is 281 g/mol. The number of nitrogen functional groups attached to an aromatic ring is 1. The van der Waals surface area contributed by atoms with E-state index < -0.39 is 0 Å². The summed E-state index contributed by atoms with van der Waals surface area (Å²) in [6, 6.07) is 3.33. The molecule has 7 nitrogen and oxygen atoms in total. The number of nitrogens with one attached hydrogen (secondary N) is 2. The second-order valence-corrected chi connectivity index (χ2v) is 4.23. The van der Waals surface area contributed by atoms with Crippen molar-refractivity contribution in [1.82, 2.24) is 20.1 Å². The largest absolute Gasteiger partial charge is 0.346 e. The van der Waals surface area contributed by atoms with E-state index in [-0.39, 0.29) is 10.9 Å². The molecule has 0 fully saturated rings. The minimum absolute atomic E-state index is 0.265. The predicted octanol–water partition coefficient (Wildman–Crippen LogP) is 0.684. The summed E-state index contributed by atoms with van der Waals surface area (Å²) in [5, 5.41) is 7.06. The van der Waals surface area contributed by atoms with E-state index in [9.17, 15) is 4.79 Å². The van der Waals surface area contributed by atoms with Crippen LogP contribution < -0.4 is 16.6 Å². The summed E-state index contributed by atoms with van der Waals surface area (Å²) >= 11 is 5.90. The summed E-state index contributed by atoms with van der Waals surface area (Å²) < 4.78 is 1.69. The SMILES string of the molecule is Cn1nccc1CNC(=O)c1cnc(NN)c(Cl)c1. The third-order valence-corrected chi connectivity index (χ3v) is 2.88. The molecule has 2 heterocycles. The molecule has 0 aromatic carbocycles. The van der Waals surface area contributed by atoms with Gasteiger partial charge in [-0.05, 0) is 12.1 Å². The van der Waals surface area contributed by atoms with Crippen LogP contribution in [0.5, 0.6) is 0 Å². The van der Waals surface area contributed by atoms with Crippen LogP contribution in [0.1, 0.15) is 16.1 Å². The van der Waals surface area contributed by atoms with Gasteiger partial charge >= 0.3 is 0 Å². The number of aromatic nitrogens is 3. The lowest BCUT2D eigenvalue weighted by Gasteiger charge is -2.07. The highest BCUT2D eigenvalue weighted by Gasteiger charge is 2.10. The molecule has 0 aliphatic heterocycles. The van der Waals surface area contributed by atoms with Gasteiger partial charge < -0.3 is 10.7 Å². The third kappa shape index (κ3) is 3.01. The molecule has 0 saturated carbocycles. The molecule has 2 rings (SSSR count). The molecule has 0 bridgehead atoms. The Labute approximate surface area is 114 Å². The van der Waals surface area contributed by atoms with E-state index >= 15 is 0 Å². The highest BCUT2D eigenvalue weighted by Crippen LogP contribution is 2.18. The van der Waals surface area contributed by atoms with Gasteiger partial charge in [-0.25, -0.2) is 10.8 Å². The van der Waals surface area contributed by atoms with Crippen molar-refractivity contribution < 1.29 is 4.79 Å². The summed E-state index contributed by atoms with van der Waals surface area (Å²) in [5.74, 6) is 5.27. The number of hydrogen-bond acceptors (Lipinski definition) is 5. The zero-order chi connectivity index (χ0) is 13.8. The molecule has 1 amide bonds. The molecule has 0 radical (unpaired) electrons. The summed E-state index contributed by atoms with van der Waals surface area (Å²) in [5.41, 5.74) is 3.60. The Morgan fingerprint density at radius 1 is 1.58 bits per heavy atom. The van der Waals surface area contributed by atoms with E-state index in [4.69, 9.17) is 17.4 Å². The lowest BCUT2D eigenvalue weighted by atomic mass is 10.2. The normalized spacial score (nSPS) is 10.3. The van der Waals surface area contributed by atoms with Crippen LogP contribution in [0.25, 0.3) is 0 Å². The molecule has 0 aliphatic carbocycles. The van der Waals surface area contributed by atoms with Crippen molar-refractivity contribution in [2.75, 3.05) is 5.43 Å². The van der Waals surface area contributed by atoms with Gasteiger partial charge in [0.1, 0.15) is 0 Å². The fourth-order valence-corrected chi connectivity index (χ4v) is 1.74. The Morgan fingerprint density at radius 3 is 2.95 bits per heavy atom. The molecule has 4 N–H and O–H groups in total. The first-order chi connectivity index (χ1) is 9.11. The van der Waals surface area contributed by atoms with Crippen molar-refractivity contribution in [3.05, 3.63) is 40.8 Å². The van der Waals surface area contributed by atoms with Gasteiger partial charge in [0.05, 0.1) is 22.8 Å². The maximum Gasteiger partial charge on any atom is 0.253 e. The van der Waals surface area contributed by atoms with Gasteiger partial charge in [-0.2, -0.15) is 5.10 Å². The molecule has 19 heavy (non-hydrogen) atoms. The minimum atomic E-state index is -0.265. The monoisotopic (exact) mass is 280 g/mol. The molecule has 0 aliphatic rings. The maximum absolute atomic E-state index is 11.9. The van der Waals surface area contributed by atoms with E-state index in [0.29, 0.717) is 17.9 Å². The number of rotatable bonds is 4. The van der Waals surface area contributed by atoms with Crippen LogP contribution >= 0.6 is 11.6 Å². The number of pyridine rings is 1. The second kappa shape index (κ2) is 5.68. The number of amides is 1. The van der Waals surface area contributed by atoms with Crippen molar-refractivity contribution in [2.24, 2.45) is 12.9 Å². The maximum atomic E-state index is 11.9. The molecule has 0 saturated heterocycles. The van der Waals surface area contributed by atoms with Crippen LogP contribution in [-0.4, -0.2) is 20.7 Å². The molecule has 0 atom stereocenters. The first kappa shape index (κ1) is 13.3. The van der Waals surface area contributed by atoms with E-state index in [1.54, 1.807) is 10.9 Å². The topological polar surface area (TPSA) is 97.9 Å². The highest BCUT2D eigenvalue weighted by molar-refractivity contribution is 6.33. The van der Waals surface area contributed by atoms with Crippen molar-refractivity contribution in [3.63, 3.8) is 0 Å². The molecule has 2 aromatic rings. The van der Waals surface area contributed by atoms with Crippen molar-refractivity contribution in [3.8, 4) is 0 Å². The summed E-state index contributed by atoms with van der Waals surface area (Å²) in [7, 11) is 1.81. The minimum Gasteiger partial charge on any atom is -0.346 e. The first-order valence-electron chi connectivity index (χ1n) is 5.49. The number of nitrogens with two attached hydrogens (primary N) is 1.